The Hall–Kier alpha value is -0.930. The van der Waals surface area contributed by atoms with Gasteiger partial charge in [0.05, 0.1) is 0 Å². The second-order valence-electron chi connectivity index (χ2n) is 4.72. The molecule has 0 aliphatic heterocycles. The van der Waals surface area contributed by atoms with Crippen molar-refractivity contribution in [2.75, 3.05) is 5.88 Å². The van der Waals surface area contributed by atoms with Crippen LogP contribution in [0.4, 0.5) is 0 Å². The summed E-state index contributed by atoms with van der Waals surface area (Å²) in [4.78, 5) is 11.9. The Morgan fingerprint density at radius 1 is 1.50 bits per heavy atom. The molecule has 1 N–H and O–H groups in total. The van der Waals surface area contributed by atoms with E-state index < -0.39 is 11.6 Å². The molecule has 1 aromatic rings. The van der Waals surface area contributed by atoms with Gasteiger partial charge in [0.25, 0.3) is 5.91 Å². The van der Waals surface area contributed by atoms with Gasteiger partial charge in [0.15, 0.2) is 6.10 Å². The van der Waals surface area contributed by atoms with E-state index in [-0.39, 0.29) is 5.91 Å². The van der Waals surface area contributed by atoms with Gasteiger partial charge in [-0.15, -0.1) is 11.6 Å². The van der Waals surface area contributed by atoms with Crippen LogP contribution in [0.2, 0.25) is 5.02 Å². The van der Waals surface area contributed by atoms with Crippen LogP contribution in [-0.2, 0) is 4.79 Å². The fraction of sp³-hybridized carbons (Fsp3) is 0.462. The summed E-state index contributed by atoms with van der Waals surface area (Å²) in [5.74, 6) is 0.692. The first-order chi connectivity index (χ1) is 8.34. The maximum Gasteiger partial charge on any atom is 0.261 e. The predicted molar refractivity (Wildman–Crippen MR) is 74.5 cm³/mol. The van der Waals surface area contributed by atoms with Crippen LogP contribution in [0, 0.1) is 0 Å². The molecule has 1 rings (SSSR count). The fourth-order valence-corrected chi connectivity index (χ4v) is 1.51. The molecule has 100 valence electrons. The number of ether oxygens (including phenoxy) is 1. The first-order valence-corrected chi connectivity index (χ1v) is 6.55. The van der Waals surface area contributed by atoms with Gasteiger partial charge in [0, 0.05) is 16.4 Å². The minimum absolute atomic E-state index is 0.208. The van der Waals surface area contributed by atoms with Gasteiger partial charge in [-0.25, -0.2) is 0 Å². The summed E-state index contributed by atoms with van der Waals surface area (Å²) < 4.78 is 5.51. The van der Waals surface area contributed by atoms with Crippen molar-refractivity contribution in [2.45, 2.75) is 32.4 Å². The molecule has 0 bridgehead atoms. The van der Waals surface area contributed by atoms with E-state index in [2.05, 4.69) is 5.32 Å². The van der Waals surface area contributed by atoms with Crippen molar-refractivity contribution in [3.8, 4) is 5.75 Å². The lowest BCUT2D eigenvalue weighted by Gasteiger charge is -2.25. The molecule has 0 radical (unpaired) electrons. The number of carbonyl (C=O) groups excluding carboxylic acids is 1. The highest BCUT2D eigenvalue weighted by molar-refractivity contribution is 6.30. The van der Waals surface area contributed by atoms with Crippen molar-refractivity contribution in [3.05, 3.63) is 29.3 Å². The van der Waals surface area contributed by atoms with Crippen LogP contribution in [-0.4, -0.2) is 23.4 Å². The predicted octanol–water partition coefficient (Wildman–Crippen LogP) is 3.24. The molecule has 0 heterocycles. The van der Waals surface area contributed by atoms with Crippen LogP contribution in [0.25, 0.3) is 0 Å². The summed E-state index contributed by atoms with van der Waals surface area (Å²) in [6, 6.07) is 6.93. The quantitative estimate of drug-likeness (QED) is 0.845. The molecule has 0 spiro atoms. The third kappa shape index (κ3) is 4.75. The zero-order valence-electron chi connectivity index (χ0n) is 10.7. The summed E-state index contributed by atoms with van der Waals surface area (Å²) >= 11 is 11.6. The summed E-state index contributed by atoms with van der Waals surface area (Å²) in [6.07, 6.45) is -0.606. The second kappa shape index (κ2) is 6.30. The third-order valence-corrected chi connectivity index (χ3v) is 3.18. The van der Waals surface area contributed by atoms with Crippen LogP contribution in [0.1, 0.15) is 20.8 Å². The minimum Gasteiger partial charge on any atom is -0.481 e. The zero-order valence-corrected chi connectivity index (χ0v) is 12.2. The number of carbonyl (C=O) groups is 1. The van der Waals surface area contributed by atoms with E-state index in [4.69, 9.17) is 27.9 Å². The number of rotatable bonds is 5. The Bertz CT molecular complexity index is 421. The van der Waals surface area contributed by atoms with E-state index in [1.807, 2.05) is 13.8 Å². The molecule has 0 fully saturated rings. The summed E-state index contributed by atoms with van der Waals surface area (Å²) in [6.45, 7) is 5.38. The number of alkyl halides is 1. The van der Waals surface area contributed by atoms with Gasteiger partial charge in [-0.05, 0) is 39.0 Å². The van der Waals surface area contributed by atoms with Crippen LogP contribution in [0.3, 0.4) is 0 Å². The summed E-state index contributed by atoms with van der Waals surface area (Å²) in [7, 11) is 0. The molecular formula is C13H17Cl2NO2. The average molecular weight is 290 g/mol. The Balaban J connectivity index is 2.60. The van der Waals surface area contributed by atoms with Crippen LogP contribution in [0.15, 0.2) is 24.3 Å². The Morgan fingerprint density at radius 2 is 2.17 bits per heavy atom. The number of hydrogen-bond acceptors (Lipinski definition) is 2. The van der Waals surface area contributed by atoms with E-state index in [0.29, 0.717) is 16.7 Å². The topological polar surface area (TPSA) is 38.3 Å². The van der Waals surface area contributed by atoms with E-state index in [1.54, 1.807) is 31.2 Å². The molecule has 0 saturated heterocycles. The molecule has 0 saturated carbocycles. The van der Waals surface area contributed by atoms with Crippen molar-refractivity contribution in [1.82, 2.24) is 5.32 Å². The highest BCUT2D eigenvalue weighted by atomic mass is 35.5. The second-order valence-corrected chi connectivity index (χ2v) is 5.43. The van der Waals surface area contributed by atoms with Crippen molar-refractivity contribution in [2.24, 2.45) is 0 Å². The van der Waals surface area contributed by atoms with Gasteiger partial charge in [-0.1, -0.05) is 17.7 Å². The maximum atomic E-state index is 11.9. The van der Waals surface area contributed by atoms with Gasteiger partial charge in [0.2, 0.25) is 0 Å². The van der Waals surface area contributed by atoms with Crippen LogP contribution in [0.5, 0.6) is 5.75 Å². The van der Waals surface area contributed by atoms with E-state index in [9.17, 15) is 4.79 Å². The number of amides is 1. The maximum absolute atomic E-state index is 11.9. The number of halogens is 2. The summed E-state index contributed by atoms with van der Waals surface area (Å²) in [5, 5.41) is 3.38. The lowest BCUT2D eigenvalue weighted by Crippen LogP contribution is -2.49. The van der Waals surface area contributed by atoms with Gasteiger partial charge in [-0.2, -0.15) is 0 Å². The van der Waals surface area contributed by atoms with Crippen LogP contribution >= 0.6 is 23.2 Å². The van der Waals surface area contributed by atoms with Gasteiger partial charge in [-0.3, -0.25) is 4.79 Å². The largest absolute Gasteiger partial charge is 0.481 e. The average Bonchev–Trinajstić information content (AvgIpc) is 2.28. The minimum atomic E-state index is -0.606. The van der Waals surface area contributed by atoms with Gasteiger partial charge < -0.3 is 10.1 Å². The SMILES string of the molecule is CC(Oc1cccc(Cl)c1)C(=O)NC(C)(C)CCl. The number of hydrogen-bond donors (Lipinski definition) is 1. The number of nitrogens with one attached hydrogen (secondary N) is 1. The number of benzene rings is 1. The zero-order chi connectivity index (χ0) is 13.8. The highest BCUT2D eigenvalue weighted by Gasteiger charge is 2.23. The van der Waals surface area contributed by atoms with Crippen molar-refractivity contribution < 1.29 is 9.53 Å². The van der Waals surface area contributed by atoms with E-state index in [0.717, 1.165) is 0 Å². The molecule has 3 nitrogen and oxygen atoms in total. The molecule has 5 heteroatoms. The van der Waals surface area contributed by atoms with Gasteiger partial charge in [0.1, 0.15) is 5.75 Å². The van der Waals surface area contributed by atoms with Crippen molar-refractivity contribution >= 4 is 29.1 Å². The normalized spacial score (nSPS) is 12.9. The monoisotopic (exact) mass is 289 g/mol. The van der Waals surface area contributed by atoms with E-state index >= 15 is 0 Å². The Labute approximate surface area is 117 Å². The lowest BCUT2D eigenvalue weighted by atomic mass is 10.1. The third-order valence-electron chi connectivity index (χ3n) is 2.27. The van der Waals surface area contributed by atoms with Gasteiger partial charge >= 0.3 is 0 Å². The molecule has 0 aromatic heterocycles. The molecular weight excluding hydrogens is 273 g/mol. The standard InChI is InChI=1S/C13H17Cl2NO2/c1-9(12(17)16-13(2,3)8-14)18-11-6-4-5-10(15)7-11/h4-7,9H,8H2,1-3H3,(H,16,17). The fourth-order valence-electron chi connectivity index (χ4n) is 1.27. The molecule has 1 unspecified atom stereocenters. The Morgan fingerprint density at radius 3 is 2.72 bits per heavy atom. The molecule has 1 atom stereocenters. The molecule has 1 amide bonds. The molecule has 0 aliphatic rings. The van der Waals surface area contributed by atoms with Crippen molar-refractivity contribution in [1.29, 1.82) is 0 Å². The smallest absolute Gasteiger partial charge is 0.261 e. The molecule has 18 heavy (non-hydrogen) atoms. The lowest BCUT2D eigenvalue weighted by molar-refractivity contribution is -0.128. The first-order valence-electron chi connectivity index (χ1n) is 5.64. The molecule has 1 aromatic carbocycles. The highest BCUT2D eigenvalue weighted by Crippen LogP contribution is 2.18. The molecule has 0 aliphatic carbocycles. The van der Waals surface area contributed by atoms with Crippen molar-refractivity contribution in [3.63, 3.8) is 0 Å². The Kier molecular flexibility index (Phi) is 5.29. The van der Waals surface area contributed by atoms with Crippen LogP contribution < -0.4 is 10.1 Å². The first kappa shape index (κ1) is 15.1. The summed E-state index contributed by atoms with van der Waals surface area (Å²) in [5.41, 5.74) is -0.454. The van der Waals surface area contributed by atoms with E-state index in [1.165, 1.54) is 0 Å².